The predicted molar refractivity (Wildman–Crippen MR) is 75.6 cm³/mol. The van der Waals surface area contributed by atoms with E-state index >= 15 is 0 Å². The molecule has 0 aromatic heterocycles. The van der Waals surface area contributed by atoms with Crippen LogP contribution in [0, 0.1) is 11.8 Å². The van der Waals surface area contributed by atoms with Crippen molar-refractivity contribution in [3.63, 3.8) is 0 Å². The molecule has 1 saturated heterocycles. The summed E-state index contributed by atoms with van der Waals surface area (Å²) in [5, 5.41) is 10.3. The Bertz CT molecular complexity index is 638. The van der Waals surface area contributed by atoms with Crippen LogP contribution in [0.2, 0.25) is 5.02 Å². The summed E-state index contributed by atoms with van der Waals surface area (Å²) in [6, 6.07) is 4.36. The molecule has 1 fully saturated rings. The molecule has 1 aliphatic heterocycles. The molecule has 4 nitrogen and oxygen atoms in total. The molecule has 0 spiro atoms. The first-order valence-electron chi connectivity index (χ1n) is 6.51. The molecule has 3 rings (SSSR count). The molecule has 1 aromatic rings. The van der Waals surface area contributed by atoms with Gasteiger partial charge in [-0.05, 0) is 38.0 Å². The standard InChI is InChI=1S/C15H14ClNO3/c1-8-2-4-10-11(6-8)15(20)17(14(10)19)12-7-9(16)3-5-13(12)18/h2-3,5,7,10-11,18H,4,6H2,1H3/t10-,11+/m0/s1. The average molecular weight is 292 g/mol. The van der Waals surface area contributed by atoms with Gasteiger partial charge < -0.3 is 5.11 Å². The predicted octanol–water partition coefficient (Wildman–Crippen LogP) is 2.89. The van der Waals surface area contributed by atoms with Gasteiger partial charge >= 0.3 is 0 Å². The minimum absolute atomic E-state index is 0.112. The van der Waals surface area contributed by atoms with Gasteiger partial charge in [-0.2, -0.15) is 0 Å². The van der Waals surface area contributed by atoms with Crippen LogP contribution in [-0.2, 0) is 9.59 Å². The Kier molecular flexibility index (Phi) is 3.05. The Hall–Kier alpha value is -1.81. The lowest BCUT2D eigenvalue weighted by molar-refractivity contribution is -0.122. The van der Waals surface area contributed by atoms with Crippen LogP contribution in [0.1, 0.15) is 19.8 Å². The van der Waals surface area contributed by atoms with Crippen molar-refractivity contribution >= 4 is 29.1 Å². The summed E-state index contributed by atoms with van der Waals surface area (Å²) in [6.07, 6.45) is 3.19. The minimum atomic E-state index is -0.315. The van der Waals surface area contributed by atoms with Crippen LogP contribution in [0.15, 0.2) is 29.8 Å². The lowest BCUT2D eigenvalue weighted by atomic mass is 9.82. The molecule has 2 amide bonds. The van der Waals surface area contributed by atoms with E-state index in [9.17, 15) is 14.7 Å². The number of carbonyl (C=O) groups is 2. The van der Waals surface area contributed by atoms with Crippen LogP contribution in [0.25, 0.3) is 0 Å². The number of benzene rings is 1. The van der Waals surface area contributed by atoms with Crippen molar-refractivity contribution in [1.29, 1.82) is 0 Å². The molecule has 1 aromatic carbocycles. The second-order valence-electron chi connectivity index (χ2n) is 5.35. The van der Waals surface area contributed by atoms with Crippen molar-refractivity contribution in [2.24, 2.45) is 11.8 Å². The van der Waals surface area contributed by atoms with Crippen LogP contribution >= 0.6 is 11.6 Å². The van der Waals surface area contributed by atoms with Crippen molar-refractivity contribution in [2.45, 2.75) is 19.8 Å². The molecule has 20 heavy (non-hydrogen) atoms. The molecule has 2 aliphatic rings. The van der Waals surface area contributed by atoms with Crippen LogP contribution in [-0.4, -0.2) is 16.9 Å². The van der Waals surface area contributed by atoms with Gasteiger partial charge in [-0.3, -0.25) is 9.59 Å². The lowest BCUT2D eigenvalue weighted by Gasteiger charge is -2.18. The van der Waals surface area contributed by atoms with Crippen LogP contribution in [0.3, 0.4) is 0 Å². The first-order valence-corrected chi connectivity index (χ1v) is 6.89. The fraction of sp³-hybridized carbons (Fsp3) is 0.333. The summed E-state index contributed by atoms with van der Waals surface area (Å²) < 4.78 is 0. The molecule has 0 unspecified atom stereocenters. The summed E-state index contributed by atoms with van der Waals surface area (Å²) in [5.41, 5.74) is 1.31. The monoisotopic (exact) mass is 291 g/mol. The third kappa shape index (κ3) is 1.91. The zero-order chi connectivity index (χ0) is 14.4. The van der Waals surface area contributed by atoms with Crippen molar-refractivity contribution in [3.8, 4) is 5.75 Å². The molecular weight excluding hydrogens is 278 g/mol. The van der Waals surface area contributed by atoms with Crippen molar-refractivity contribution in [2.75, 3.05) is 4.90 Å². The number of hydrogen-bond donors (Lipinski definition) is 1. The van der Waals surface area contributed by atoms with E-state index in [0.717, 1.165) is 10.5 Å². The molecule has 1 heterocycles. The zero-order valence-corrected chi connectivity index (χ0v) is 11.7. The number of allylic oxidation sites excluding steroid dienone is 2. The number of halogens is 1. The first-order chi connectivity index (χ1) is 9.49. The highest BCUT2D eigenvalue weighted by Gasteiger charge is 2.49. The Balaban J connectivity index is 2.02. The highest BCUT2D eigenvalue weighted by molar-refractivity contribution is 6.31. The quantitative estimate of drug-likeness (QED) is 0.639. The summed E-state index contributed by atoms with van der Waals surface area (Å²) >= 11 is 5.90. The van der Waals surface area contributed by atoms with Gasteiger partial charge in [0.2, 0.25) is 11.8 Å². The third-order valence-electron chi connectivity index (χ3n) is 4.00. The van der Waals surface area contributed by atoms with Gasteiger partial charge in [-0.15, -0.1) is 0 Å². The average Bonchev–Trinajstić information content (AvgIpc) is 2.65. The number of carbonyl (C=O) groups excluding carboxylic acids is 2. The Morgan fingerprint density at radius 2 is 1.95 bits per heavy atom. The first kappa shape index (κ1) is 13.2. The number of rotatable bonds is 1. The van der Waals surface area contributed by atoms with E-state index in [4.69, 9.17) is 11.6 Å². The largest absolute Gasteiger partial charge is 0.506 e. The van der Waals surface area contributed by atoms with Crippen molar-refractivity contribution in [1.82, 2.24) is 0 Å². The molecule has 0 saturated carbocycles. The lowest BCUT2D eigenvalue weighted by Crippen LogP contribution is -2.30. The fourth-order valence-corrected chi connectivity index (χ4v) is 3.12. The minimum Gasteiger partial charge on any atom is -0.506 e. The maximum atomic E-state index is 12.5. The zero-order valence-electron chi connectivity index (χ0n) is 11.0. The highest BCUT2D eigenvalue weighted by atomic mass is 35.5. The number of amides is 2. The summed E-state index contributed by atoms with van der Waals surface area (Å²) in [7, 11) is 0. The summed E-state index contributed by atoms with van der Waals surface area (Å²) in [6.45, 7) is 1.97. The number of phenolic OH excluding ortho intramolecular Hbond substituents is 1. The third-order valence-corrected chi connectivity index (χ3v) is 4.24. The molecular formula is C15H14ClNO3. The van der Waals surface area contributed by atoms with Gasteiger partial charge in [0.15, 0.2) is 0 Å². The molecule has 2 atom stereocenters. The number of aromatic hydroxyl groups is 1. The van der Waals surface area contributed by atoms with Crippen molar-refractivity contribution in [3.05, 3.63) is 34.9 Å². The number of phenols is 1. The van der Waals surface area contributed by atoms with E-state index < -0.39 is 0 Å². The van der Waals surface area contributed by atoms with Gasteiger partial charge in [-0.1, -0.05) is 23.3 Å². The maximum absolute atomic E-state index is 12.5. The Morgan fingerprint density at radius 3 is 2.70 bits per heavy atom. The topological polar surface area (TPSA) is 57.6 Å². The summed E-state index contributed by atoms with van der Waals surface area (Å²) in [5.74, 6) is -1.23. The highest BCUT2D eigenvalue weighted by Crippen LogP contribution is 2.42. The van der Waals surface area contributed by atoms with Gasteiger partial charge in [-0.25, -0.2) is 4.90 Å². The number of hydrogen-bond acceptors (Lipinski definition) is 3. The van der Waals surface area contributed by atoms with E-state index in [1.54, 1.807) is 0 Å². The Labute approximate surface area is 121 Å². The summed E-state index contributed by atoms with van der Waals surface area (Å²) in [4.78, 5) is 26.0. The second-order valence-corrected chi connectivity index (χ2v) is 5.78. The van der Waals surface area contributed by atoms with E-state index in [2.05, 4.69) is 0 Å². The van der Waals surface area contributed by atoms with E-state index in [1.165, 1.54) is 18.2 Å². The molecule has 0 bridgehead atoms. The van der Waals surface area contributed by atoms with Gasteiger partial charge in [0.05, 0.1) is 17.5 Å². The van der Waals surface area contributed by atoms with Gasteiger partial charge in [0.1, 0.15) is 5.75 Å². The molecule has 1 aliphatic carbocycles. The van der Waals surface area contributed by atoms with Gasteiger partial charge in [0, 0.05) is 5.02 Å². The van der Waals surface area contributed by atoms with Crippen LogP contribution in [0.4, 0.5) is 5.69 Å². The van der Waals surface area contributed by atoms with E-state index in [1.807, 2.05) is 13.0 Å². The molecule has 1 N–H and O–H groups in total. The van der Waals surface area contributed by atoms with Crippen LogP contribution in [0.5, 0.6) is 5.75 Å². The number of anilines is 1. The van der Waals surface area contributed by atoms with Crippen LogP contribution < -0.4 is 4.90 Å². The Morgan fingerprint density at radius 1 is 1.25 bits per heavy atom. The smallest absolute Gasteiger partial charge is 0.238 e. The molecule has 104 valence electrons. The number of imide groups is 1. The van der Waals surface area contributed by atoms with E-state index in [0.29, 0.717) is 17.9 Å². The number of nitrogens with zero attached hydrogens (tertiary/aromatic N) is 1. The maximum Gasteiger partial charge on any atom is 0.238 e. The molecule has 5 heteroatoms. The second kappa shape index (κ2) is 4.63. The van der Waals surface area contributed by atoms with E-state index in [-0.39, 0.29) is 35.1 Å². The van der Waals surface area contributed by atoms with Gasteiger partial charge in [0.25, 0.3) is 0 Å². The fourth-order valence-electron chi connectivity index (χ4n) is 2.95. The molecule has 0 radical (unpaired) electrons. The normalized spacial score (nSPS) is 25.7. The number of fused-ring (bicyclic) bond motifs is 1. The SMILES string of the molecule is CC1=CC[C@@H]2C(=O)N(c3cc(Cl)ccc3O)C(=O)[C@@H]2C1. The van der Waals surface area contributed by atoms with Crippen molar-refractivity contribution < 1.29 is 14.7 Å².